The maximum absolute atomic E-state index is 8.93. The summed E-state index contributed by atoms with van der Waals surface area (Å²) in [5.41, 5.74) is 7.94. The lowest BCUT2D eigenvalue weighted by Gasteiger charge is -2.01. The molecule has 2 atom stereocenters. The van der Waals surface area contributed by atoms with E-state index in [4.69, 9.17) is 15.4 Å². The average molecular weight is 129 g/mol. The Hall–Kier alpha value is -0.770. The first-order chi connectivity index (χ1) is 4.34. The van der Waals surface area contributed by atoms with Gasteiger partial charge in [0.25, 0.3) is 0 Å². The highest BCUT2D eigenvalue weighted by Gasteiger charge is 2.24. The van der Waals surface area contributed by atoms with Crippen molar-refractivity contribution in [1.29, 1.82) is 0 Å². The van der Waals surface area contributed by atoms with Crippen LogP contribution in [0.15, 0.2) is 5.11 Å². The molecule has 0 aromatic carbocycles. The van der Waals surface area contributed by atoms with Crippen LogP contribution in [0.2, 0.25) is 0 Å². The molecule has 0 radical (unpaired) electrons. The molecule has 1 fully saturated rings. The first kappa shape index (κ1) is 6.35. The number of hydrogen-bond donors (Lipinski definition) is 1. The largest absolute Gasteiger partial charge is 0.390 e. The van der Waals surface area contributed by atoms with Crippen LogP contribution in [0.3, 0.4) is 0 Å². The quantitative estimate of drug-likeness (QED) is 0.308. The Bertz CT molecular complexity index is 143. The maximum atomic E-state index is 8.93. The van der Waals surface area contributed by atoms with Crippen molar-refractivity contribution in [2.75, 3.05) is 13.2 Å². The number of aliphatic hydroxyl groups excluding tert-OH is 1. The zero-order valence-corrected chi connectivity index (χ0v) is 4.77. The fourth-order valence-electron chi connectivity index (χ4n) is 0.708. The predicted molar refractivity (Wildman–Crippen MR) is 29.8 cm³/mol. The Morgan fingerprint density at radius 1 is 1.67 bits per heavy atom. The van der Waals surface area contributed by atoms with Crippen LogP contribution in [0.4, 0.5) is 0 Å². The molecule has 1 heterocycles. The summed E-state index contributed by atoms with van der Waals surface area (Å²) >= 11 is 0. The molecule has 0 bridgehead atoms. The molecule has 1 aliphatic heterocycles. The molecule has 0 aromatic heterocycles. The molecule has 0 saturated carbocycles. The van der Waals surface area contributed by atoms with Gasteiger partial charge in [-0.05, 0) is 5.53 Å². The molecule has 1 aliphatic rings. The van der Waals surface area contributed by atoms with Crippen LogP contribution >= 0.6 is 0 Å². The summed E-state index contributed by atoms with van der Waals surface area (Å²) in [6, 6.07) is -0.380. The van der Waals surface area contributed by atoms with E-state index >= 15 is 0 Å². The number of azide groups is 1. The average Bonchev–Trinajstić information content (AvgIpc) is 2.18. The third kappa shape index (κ3) is 1.32. The SMILES string of the molecule is [N-]=[N+]=NC1COC[C@@H]1O. The van der Waals surface area contributed by atoms with Gasteiger partial charge >= 0.3 is 0 Å². The van der Waals surface area contributed by atoms with Gasteiger partial charge in [0.1, 0.15) is 0 Å². The highest BCUT2D eigenvalue weighted by atomic mass is 16.5. The zero-order valence-electron chi connectivity index (χ0n) is 4.77. The van der Waals surface area contributed by atoms with Gasteiger partial charge in [-0.3, -0.25) is 0 Å². The zero-order chi connectivity index (χ0) is 6.69. The highest BCUT2D eigenvalue weighted by molar-refractivity contribution is 4.80. The van der Waals surface area contributed by atoms with Crippen LogP contribution in [0.5, 0.6) is 0 Å². The topological polar surface area (TPSA) is 78.2 Å². The summed E-state index contributed by atoms with van der Waals surface area (Å²) in [7, 11) is 0. The number of rotatable bonds is 1. The molecule has 1 saturated heterocycles. The second-order valence-electron chi connectivity index (χ2n) is 1.88. The fraction of sp³-hybridized carbons (Fsp3) is 1.00. The van der Waals surface area contributed by atoms with Crippen molar-refractivity contribution in [3.63, 3.8) is 0 Å². The van der Waals surface area contributed by atoms with Crippen LogP contribution in [0, 0.1) is 0 Å². The van der Waals surface area contributed by atoms with Crippen molar-refractivity contribution < 1.29 is 9.84 Å². The van der Waals surface area contributed by atoms with E-state index in [1.54, 1.807) is 0 Å². The lowest BCUT2D eigenvalue weighted by molar-refractivity contribution is 0.125. The van der Waals surface area contributed by atoms with Gasteiger partial charge < -0.3 is 9.84 Å². The molecule has 5 nitrogen and oxygen atoms in total. The van der Waals surface area contributed by atoms with Crippen LogP contribution < -0.4 is 0 Å². The predicted octanol–water partition coefficient (Wildman–Crippen LogP) is 0.0564. The highest BCUT2D eigenvalue weighted by Crippen LogP contribution is 2.08. The van der Waals surface area contributed by atoms with Crippen LogP contribution in [-0.4, -0.2) is 30.5 Å². The molecule has 1 unspecified atom stereocenters. The van der Waals surface area contributed by atoms with Crippen molar-refractivity contribution in [1.82, 2.24) is 0 Å². The van der Waals surface area contributed by atoms with Gasteiger partial charge in [0.05, 0.1) is 25.4 Å². The van der Waals surface area contributed by atoms with Crippen molar-refractivity contribution in [3.8, 4) is 0 Å². The summed E-state index contributed by atoms with van der Waals surface area (Å²) in [6.45, 7) is 0.620. The van der Waals surface area contributed by atoms with Crippen LogP contribution in [0.25, 0.3) is 10.4 Å². The number of nitrogens with zero attached hydrogens (tertiary/aromatic N) is 3. The first-order valence-electron chi connectivity index (χ1n) is 2.64. The van der Waals surface area contributed by atoms with Crippen LogP contribution in [0.1, 0.15) is 0 Å². The molecular formula is C4H7N3O2. The third-order valence-electron chi connectivity index (χ3n) is 1.22. The Balaban J connectivity index is 2.49. The molecule has 0 amide bonds. The van der Waals surface area contributed by atoms with E-state index in [9.17, 15) is 0 Å². The first-order valence-corrected chi connectivity index (χ1v) is 2.64. The second-order valence-corrected chi connectivity index (χ2v) is 1.88. The molecule has 0 aliphatic carbocycles. The van der Waals surface area contributed by atoms with Crippen molar-refractivity contribution in [3.05, 3.63) is 10.4 Å². The van der Waals surface area contributed by atoms with Gasteiger partial charge in [0.2, 0.25) is 0 Å². The minimum atomic E-state index is -0.610. The lowest BCUT2D eigenvalue weighted by Crippen LogP contribution is -2.20. The maximum Gasteiger partial charge on any atom is 0.0889 e. The van der Waals surface area contributed by atoms with E-state index in [2.05, 4.69) is 10.0 Å². The Labute approximate surface area is 51.9 Å². The molecule has 50 valence electrons. The van der Waals surface area contributed by atoms with Crippen molar-refractivity contribution >= 4 is 0 Å². The molecule has 9 heavy (non-hydrogen) atoms. The van der Waals surface area contributed by atoms with Crippen molar-refractivity contribution in [2.24, 2.45) is 5.11 Å². The van der Waals surface area contributed by atoms with Crippen molar-refractivity contribution in [2.45, 2.75) is 12.1 Å². The summed E-state index contributed by atoms with van der Waals surface area (Å²) in [6.07, 6.45) is -0.610. The van der Waals surface area contributed by atoms with Gasteiger partial charge in [-0.15, -0.1) is 0 Å². The summed E-state index contributed by atoms with van der Waals surface area (Å²) in [5, 5.41) is 12.2. The lowest BCUT2D eigenvalue weighted by atomic mass is 10.2. The Morgan fingerprint density at radius 3 is 2.89 bits per heavy atom. The molecule has 5 heteroatoms. The number of hydrogen-bond acceptors (Lipinski definition) is 3. The van der Waals surface area contributed by atoms with Gasteiger partial charge in [0, 0.05) is 4.91 Å². The van der Waals surface area contributed by atoms with Gasteiger partial charge in [-0.2, -0.15) is 0 Å². The summed E-state index contributed by atoms with van der Waals surface area (Å²) in [4.78, 5) is 2.55. The Kier molecular flexibility index (Phi) is 1.89. The van der Waals surface area contributed by atoms with E-state index in [0.717, 1.165) is 0 Å². The monoisotopic (exact) mass is 129 g/mol. The molecular weight excluding hydrogens is 122 g/mol. The van der Waals surface area contributed by atoms with Gasteiger partial charge in [-0.1, -0.05) is 5.11 Å². The van der Waals surface area contributed by atoms with E-state index in [-0.39, 0.29) is 12.6 Å². The third-order valence-corrected chi connectivity index (χ3v) is 1.22. The number of ether oxygens (including phenoxy) is 1. The smallest absolute Gasteiger partial charge is 0.0889 e. The van der Waals surface area contributed by atoms with E-state index in [0.29, 0.717) is 6.61 Å². The van der Waals surface area contributed by atoms with Crippen LogP contribution in [-0.2, 0) is 4.74 Å². The number of aliphatic hydroxyl groups is 1. The summed E-state index contributed by atoms with van der Waals surface area (Å²) < 4.78 is 4.81. The minimum Gasteiger partial charge on any atom is -0.390 e. The van der Waals surface area contributed by atoms with E-state index in [1.165, 1.54) is 0 Å². The molecule has 0 spiro atoms. The minimum absolute atomic E-state index is 0.281. The van der Waals surface area contributed by atoms with E-state index < -0.39 is 6.10 Å². The second kappa shape index (κ2) is 2.68. The fourth-order valence-corrected chi connectivity index (χ4v) is 0.708. The standard InChI is InChI=1S/C4H7N3O2/c5-7-6-3-1-9-2-4(3)8/h3-4,8H,1-2H2/t3?,4-/m0/s1. The molecule has 1 rings (SSSR count). The van der Waals surface area contributed by atoms with E-state index in [1.807, 2.05) is 0 Å². The van der Waals surface area contributed by atoms with Gasteiger partial charge in [0.15, 0.2) is 0 Å². The summed E-state index contributed by atoms with van der Waals surface area (Å²) in [5.74, 6) is 0. The Morgan fingerprint density at radius 2 is 2.44 bits per heavy atom. The van der Waals surface area contributed by atoms with Gasteiger partial charge in [-0.25, -0.2) is 0 Å². The molecule has 1 N–H and O–H groups in total. The molecule has 0 aromatic rings. The normalized spacial score (nSPS) is 33.9.